The van der Waals surface area contributed by atoms with Crippen molar-refractivity contribution in [2.24, 2.45) is 0 Å². The van der Waals surface area contributed by atoms with Gasteiger partial charge in [-0.25, -0.2) is 8.42 Å². The number of methoxy groups -OCH3 is 1. The molecule has 6 nitrogen and oxygen atoms in total. The number of benzene rings is 2. The zero-order valence-electron chi connectivity index (χ0n) is 16.1. The second-order valence-electron chi connectivity index (χ2n) is 6.33. The van der Waals surface area contributed by atoms with Crippen molar-refractivity contribution in [2.45, 2.75) is 32.9 Å². The highest BCUT2D eigenvalue weighted by Crippen LogP contribution is 2.25. The Morgan fingerprint density at radius 3 is 2.30 bits per heavy atom. The van der Waals surface area contributed by atoms with Crippen molar-refractivity contribution in [1.29, 1.82) is 0 Å². The molecule has 0 bridgehead atoms. The number of anilines is 1. The number of ether oxygens (including phenoxy) is 1. The van der Waals surface area contributed by atoms with Crippen LogP contribution in [-0.4, -0.2) is 33.7 Å². The molecule has 1 N–H and O–H groups in total. The van der Waals surface area contributed by atoms with Crippen LogP contribution >= 0.6 is 0 Å². The molecule has 0 aliphatic carbocycles. The minimum Gasteiger partial charge on any atom is -0.497 e. The third-order valence-corrected chi connectivity index (χ3v) is 5.55. The predicted molar refractivity (Wildman–Crippen MR) is 107 cm³/mol. The molecule has 1 amide bonds. The molecule has 0 fully saturated rings. The van der Waals surface area contributed by atoms with Crippen molar-refractivity contribution >= 4 is 21.6 Å². The van der Waals surface area contributed by atoms with Crippen LogP contribution in [0.3, 0.4) is 0 Å². The SMILES string of the molecule is CCC(C(=O)NCc1ccccc1C)N(c1ccc(OC)cc1)S(C)(=O)=O. The summed E-state index contributed by atoms with van der Waals surface area (Å²) in [7, 11) is -2.11. The van der Waals surface area contributed by atoms with E-state index in [9.17, 15) is 13.2 Å². The van der Waals surface area contributed by atoms with E-state index in [1.165, 1.54) is 11.4 Å². The Kier molecular flexibility index (Phi) is 6.85. The van der Waals surface area contributed by atoms with Crippen molar-refractivity contribution in [3.63, 3.8) is 0 Å². The number of nitrogens with one attached hydrogen (secondary N) is 1. The van der Waals surface area contributed by atoms with Crippen LogP contribution < -0.4 is 14.4 Å². The molecule has 7 heteroatoms. The highest BCUT2D eigenvalue weighted by Gasteiger charge is 2.31. The van der Waals surface area contributed by atoms with Crippen molar-refractivity contribution in [3.8, 4) is 5.75 Å². The lowest BCUT2D eigenvalue weighted by molar-refractivity contribution is -0.122. The van der Waals surface area contributed by atoms with Crippen molar-refractivity contribution in [2.75, 3.05) is 17.7 Å². The molecule has 1 atom stereocenters. The zero-order valence-corrected chi connectivity index (χ0v) is 16.9. The Balaban J connectivity index is 2.26. The van der Waals surface area contributed by atoms with Crippen LogP contribution in [0.4, 0.5) is 5.69 Å². The second-order valence-corrected chi connectivity index (χ2v) is 8.18. The number of nitrogens with zero attached hydrogens (tertiary/aromatic N) is 1. The highest BCUT2D eigenvalue weighted by atomic mass is 32.2. The number of hydrogen-bond acceptors (Lipinski definition) is 4. The van der Waals surface area contributed by atoms with E-state index in [4.69, 9.17) is 4.74 Å². The van der Waals surface area contributed by atoms with Crippen LogP contribution in [-0.2, 0) is 21.4 Å². The average molecular weight is 391 g/mol. The third-order valence-electron chi connectivity index (χ3n) is 4.37. The number of aryl methyl sites for hydroxylation is 1. The minimum absolute atomic E-state index is 0.331. The summed E-state index contributed by atoms with van der Waals surface area (Å²) in [4.78, 5) is 12.8. The van der Waals surface area contributed by atoms with Gasteiger partial charge >= 0.3 is 0 Å². The summed E-state index contributed by atoms with van der Waals surface area (Å²) in [5, 5.41) is 2.87. The van der Waals surface area contributed by atoms with Crippen LogP contribution in [0.25, 0.3) is 0 Å². The smallest absolute Gasteiger partial charge is 0.244 e. The molecule has 0 heterocycles. The molecular formula is C20H26N2O4S. The standard InChI is InChI=1S/C20H26N2O4S/c1-5-19(20(23)21-14-16-9-7-6-8-15(16)2)22(27(4,24)25)17-10-12-18(26-3)13-11-17/h6-13,19H,5,14H2,1-4H3,(H,21,23). The summed E-state index contributed by atoms with van der Waals surface area (Å²) in [6.07, 6.45) is 1.45. The first-order valence-electron chi connectivity index (χ1n) is 8.73. The second kappa shape index (κ2) is 8.90. The highest BCUT2D eigenvalue weighted by molar-refractivity contribution is 7.92. The molecule has 0 spiro atoms. The molecule has 146 valence electrons. The number of sulfonamides is 1. The van der Waals surface area contributed by atoms with Gasteiger partial charge in [0.2, 0.25) is 15.9 Å². The Labute approximate surface area is 161 Å². The molecule has 0 radical (unpaired) electrons. The van der Waals surface area contributed by atoms with Crippen LogP contribution in [0, 0.1) is 6.92 Å². The molecule has 2 aromatic carbocycles. The summed E-state index contributed by atoms with van der Waals surface area (Å²) in [6, 6.07) is 13.5. The van der Waals surface area contributed by atoms with Crippen LogP contribution in [0.1, 0.15) is 24.5 Å². The van der Waals surface area contributed by atoms with Gasteiger partial charge in [-0.05, 0) is 48.7 Å². The molecule has 0 saturated carbocycles. The van der Waals surface area contributed by atoms with Gasteiger partial charge in [-0.1, -0.05) is 31.2 Å². The fraction of sp³-hybridized carbons (Fsp3) is 0.350. The molecular weight excluding hydrogens is 364 g/mol. The van der Waals surface area contributed by atoms with E-state index in [-0.39, 0.29) is 5.91 Å². The third kappa shape index (κ3) is 5.23. The average Bonchev–Trinajstić information content (AvgIpc) is 2.64. The fourth-order valence-corrected chi connectivity index (χ4v) is 4.11. The first-order valence-corrected chi connectivity index (χ1v) is 10.6. The number of rotatable bonds is 8. The lowest BCUT2D eigenvalue weighted by Crippen LogP contribution is -2.49. The molecule has 1 unspecified atom stereocenters. The topological polar surface area (TPSA) is 75.7 Å². The maximum absolute atomic E-state index is 12.8. The van der Waals surface area contributed by atoms with Crippen LogP contribution in [0.15, 0.2) is 48.5 Å². The molecule has 0 aliphatic rings. The van der Waals surface area contributed by atoms with E-state index in [1.807, 2.05) is 31.2 Å². The summed E-state index contributed by atoms with van der Waals surface area (Å²) >= 11 is 0. The first kappa shape index (κ1) is 20.8. The van der Waals surface area contributed by atoms with Gasteiger partial charge < -0.3 is 10.1 Å². The number of hydrogen-bond donors (Lipinski definition) is 1. The fourth-order valence-electron chi connectivity index (χ4n) is 2.90. The number of amides is 1. The molecule has 0 saturated heterocycles. The lowest BCUT2D eigenvalue weighted by Gasteiger charge is -2.30. The van der Waals surface area contributed by atoms with Crippen molar-refractivity contribution in [3.05, 3.63) is 59.7 Å². The van der Waals surface area contributed by atoms with Gasteiger partial charge in [0.15, 0.2) is 0 Å². The zero-order chi connectivity index (χ0) is 20.0. The molecule has 2 aromatic rings. The van der Waals surface area contributed by atoms with E-state index < -0.39 is 16.1 Å². The van der Waals surface area contributed by atoms with E-state index in [2.05, 4.69) is 5.32 Å². The summed E-state index contributed by atoms with van der Waals surface area (Å²) in [5.74, 6) is 0.284. The van der Waals surface area contributed by atoms with Gasteiger partial charge in [-0.3, -0.25) is 9.10 Å². The molecule has 27 heavy (non-hydrogen) atoms. The van der Waals surface area contributed by atoms with E-state index >= 15 is 0 Å². The number of carbonyl (C=O) groups excluding carboxylic acids is 1. The van der Waals surface area contributed by atoms with Gasteiger partial charge in [-0.2, -0.15) is 0 Å². The molecule has 2 rings (SSSR count). The minimum atomic E-state index is -3.65. The van der Waals surface area contributed by atoms with E-state index in [1.54, 1.807) is 31.2 Å². The largest absolute Gasteiger partial charge is 0.497 e. The van der Waals surface area contributed by atoms with Crippen LogP contribution in [0.2, 0.25) is 0 Å². The Hall–Kier alpha value is -2.54. The van der Waals surface area contributed by atoms with Crippen molar-refractivity contribution < 1.29 is 17.9 Å². The Bertz CT molecular complexity index is 879. The quantitative estimate of drug-likeness (QED) is 0.752. The molecule has 0 aromatic heterocycles. The Morgan fingerprint density at radius 1 is 1.15 bits per heavy atom. The van der Waals surface area contributed by atoms with Crippen LogP contribution in [0.5, 0.6) is 5.75 Å². The summed E-state index contributed by atoms with van der Waals surface area (Å²) in [5.41, 5.74) is 2.49. The maximum Gasteiger partial charge on any atom is 0.244 e. The van der Waals surface area contributed by atoms with E-state index in [0.717, 1.165) is 17.4 Å². The first-order chi connectivity index (χ1) is 12.8. The monoisotopic (exact) mass is 390 g/mol. The number of carbonyl (C=O) groups is 1. The van der Waals surface area contributed by atoms with E-state index in [0.29, 0.717) is 24.4 Å². The summed E-state index contributed by atoms with van der Waals surface area (Å²) < 4.78 is 31.2. The van der Waals surface area contributed by atoms with Gasteiger partial charge in [0, 0.05) is 6.54 Å². The summed E-state index contributed by atoms with van der Waals surface area (Å²) in [6.45, 7) is 4.11. The molecule has 0 aliphatic heterocycles. The Morgan fingerprint density at radius 2 is 1.78 bits per heavy atom. The normalized spacial score (nSPS) is 12.3. The predicted octanol–water partition coefficient (Wildman–Crippen LogP) is 2.86. The van der Waals surface area contributed by atoms with Crippen molar-refractivity contribution in [1.82, 2.24) is 5.32 Å². The maximum atomic E-state index is 12.8. The van der Waals surface area contributed by atoms with Gasteiger partial charge in [0.1, 0.15) is 11.8 Å². The van der Waals surface area contributed by atoms with Gasteiger partial charge in [-0.15, -0.1) is 0 Å². The lowest BCUT2D eigenvalue weighted by atomic mass is 10.1. The van der Waals surface area contributed by atoms with Gasteiger partial charge in [0.05, 0.1) is 19.1 Å². The van der Waals surface area contributed by atoms with Gasteiger partial charge in [0.25, 0.3) is 0 Å².